The molecule has 0 amide bonds. The van der Waals surface area contributed by atoms with E-state index in [1.807, 2.05) is 18.2 Å². The lowest BCUT2D eigenvalue weighted by Crippen LogP contribution is -1.98. The predicted octanol–water partition coefficient (Wildman–Crippen LogP) is 4.27. The van der Waals surface area contributed by atoms with Gasteiger partial charge >= 0.3 is 0 Å². The summed E-state index contributed by atoms with van der Waals surface area (Å²) in [5.74, 6) is 1.20. The first-order chi connectivity index (χ1) is 9.70. The van der Waals surface area contributed by atoms with Gasteiger partial charge in [-0.05, 0) is 49.6 Å². The van der Waals surface area contributed by atoms with E-state index in [1.54, 1.807) is 19.2 Å². The summed E-state index contributed by atoms with van der Waals surface area (Å²) in [7, 11) is 0. The van der Waals surface area contributed by atoms with Crippen LogP contribution in [-0.2, 0) is 6.42 Å². The Morgan fingerprint density at radius 3 is 2.60 bits per heavy atom. The number of aliphatic hydroxyl groups excluding tert-OH is 1. The number of hydrogen-bond donors (Lipinski definition) is 1. The molecule has 20 heavy (non-hydrogen) atoms. The summed E-state index contributed by atoms with van der Waals surface area (Å²) in [6.45, 7) is 3.90. The average Bonchev–Trinajstić information content (AvgIpc) is 2.47. The van der Waals surface area contributed by atoms with Crippen molar-refractivity contribution in [3.05, 3.63) is 53.7 Å². The van der Waals surface area contributed by atoms with E-state index in [0.717, 1.165) is 12.2 Å². The Morgan fingerprint density at radius 2 is 1.95 bits per heavy atom. The molecule has 0 radical (unpaired) electrons. The normalized spacial score (nSPS) is 12.2. The molecule has 3 heteroatoms. The van der Waals surface area contributed by atoms with Crippen molar-refractivity contribution in [3.63, 3.8) is 0 Å². The summed E-state index contributed by atoms with van der Waals surface area (Å²) in [6.07, 6.45) is 4.56. The number of aryl methyl sites for hydroxylation is 1. The predicted molar refractivity (Wildman–Crippen MR) is 80.0 cm³/mol. The Labute approximate surface area is 120 Å². The lowest BCUT2D eigenvalue weighted by molar-refractivity contribution is 0.194. The minimum atomic E-state index is -0.595. The van der Waals surface area contributed by atoms with Crippen LogP contribution >= 0.6 is 0 Å². The van der Waals surface area contributed by atoms with Crippen molar-refractivity contribution < 1.29 is 9.84 Å². The molecule has 1 unspecified atom stereocenters. The zero-order valence-electron chi connectivity index (χ0n) is 12.0. The highest BCUT2D eigenvalue weighted by molar-refractivity contribution is 5.34. The largest absolute Gasteiger partial charge is 0.439 e. The first-order valence-electron chi connectivity index (χ1n) is 7.10. The van der Waals surface area contributed by atoms with Crippen molar-refractivity contribution in [2.75, 3.05) is 0 Å². The lowest BCUT2D eigenvalue weighted by Gasteiger charge is -2.11. The topological polar surface area (TPSA) is 42.4 Å². The number of nitrogens with zero attached hydrogens (tertiary/aromatic N) is 1. The smallest absolute Gasteiger partial charge is 0.225 e. The van der Waals surface area contributed by atoms with Crippen LogP contribution < -0.4 is 4.74 Å². The molecular weight excluding hydrogens is 250 g/mol. The van der Waals surface area contributed by atoms with Gasteiger partial charge in [-0.2, -0.15) is 0 Å². The van der Waals surface area contributed by atoms with Crippen molar-refractivity contribution in [2.24, 2.45) is 0 Å². The number of benzene rings is 1. The standard InChI is InChI=1S/C17H21NO2/c1-3-4-6-14-8-10-15(11-9-14)20-17-16(13(2)19)7-5-12-18-17/h5,7-13,19H,3-4,6H2,1-2H3. The van der Waals surface area contributed by atoms with E-state index in [1.165, 1.54) is 18.4 Å². The third-order valence-electron chi connectivity index (χ3n) is 3.21. The van der Waals surface area contributed by atoms with Crippen molar-refractivity contribution in [2.45, 2.75) is 39.2 Å². The minimum absolute atomic E-state index is 0.462. The van der Waals surface area contributed by atoms with Crippen molar-refractivity contribution in [1.82, 2.24) is 4.98 Å². The van der Waals surface area contributed by atoms with Crippen LogP contribution in [0, 0.1) is 0 Å². The molecule has 1 aromatic heterocycles. The summed E-state index contributed by atoms with van der Waals surface area (Å²) in [4.78, 5) is 4.19. The second-order valence-corrected chi connectivity index (χ2v) is 4.92. The van der Waals surface area contributed by atoms with E-state index in [2.05, 4.69) is 24.0 Å². The van der Waals surface area contributed by atoms with Crippen LogP contribution in [0.5, 0.6) is 11.6 Å². The maximum atomic E-state index is 9.70. The number of pyridine rings is 1. The number of aliphatic hydroxyl groups is 1. The summed E-state index contributed by atoms with van der Waals surface area (Å²) < 4.78 is 5.76. The molecule has 1 atom stereocenters. The van der Waals surface area contributed by atoms with Gasteiger partial charge in [-0.3, -0.25) is 0 Å². The highest BCUT2D eigenvalue weighted by atomic mass is 16.5. The fourth-order valence-corrected chi connectivity index (χ4v) is 2.02. The summed E-state index contributed by atoms with van der Waals surface area (Å²) in [5.41, 5.74) is 2.01. The van der Waals surface area contributed by atoms with Gasteiger partial charge in [-0.25, -0.2) is 4.98 Å². The average molecular weight is 271 g/mol. The molecule has 1 N–H and O–H groups in total. The van der Waals surface area contributed by atoms with Gasteiger partial charge in [0.05, 0.1) is 6.10 Å². The number of ether oxygens (including phenoxy) is 1. The zero-order valence-corrected chi connectivity index (χ0v) is 12.0. The third kappa shape index (κ3) is 3.81. The molecule has 0 saturated heterocycles. The lowest BCUT2D eigenvalue weighted by atomic mass is 10.1. The van der Waals surface area contributed by atoms with Crippen LogP contribution in [0.3, 0.4) is 0 Å². The fraction of sp³-hybridized carbons (Fsp3) is 0.353. The highest BCUT2D eigenvalue weighted by Crippen LogP contribution is 2.27. The van der Waals surface area contributed by atoms with E-state index < -0.39 is 6.10 Å². The molecule has 0 spiro atoms. The molecule has 1 aromatic carbocycles. The molecule has 2 aromatic rings. The SMILES string of the molecule is CCCCc1ccc(Oc2ncccc2C(C)O)cc1. The van der Waals surface area contributed by atoms with E-state index in [-0.39, 0.29) is 0 Å². The number of rotatable bonds is 6. The fourth-order valence-electron chi connectivity index (χ4n) is 2.02. The Morgan fingerprint density at radius 1 is 1.20 bits per heavy atom. The number of unbranched alkanes of at least 4 members (excludes halogenated alkanes) is 1. The number of aromatic nitrogens is 1. The molecule has 0 saturated carbocycles. The summed E-state index contributed by atoms with van der Waals surface area (Å²) >= 11 is 0. The second-order valence-electron chi connectivity index (χ2n) is 4.92. The Balaban J connectivity index is 2.10. The first kappa shape index (κ1) is 14.5. The van der Waals surface area contributed by atoms with Crippen molar-refractivity contribution in [3.8, 4) is 11.6 Å². The van der Waals surface area contributed by atoms with Gasteiger partial charge in [0.25, 0.3) is 0 Å². The maximum absolute atomic E-state index is 9.70. The van der Waals surface area contributed by atoms with Crippen LogP contribution in [0.25, 0.3) is 0 Å². The van der Waals surface area contributed by atoms with Gasteiger partial charge in [-0.15, -0.1) is 0 Å². The van der Waals surface area contributed by atoms with Crippen LogP contribution in [-0.4, -0.2) is 10.1 Å². The Hall–Kier alpha value is -1.87. The maximum Gasteiger partial charge on any atom is 0.225 e. The molecule has 3 nitrogen and oxygen atoms in total. The molecule has 0 aliphatic heterocycles. The third-order valence-corrected chi connectivity index (χ3v) is 3.21. The van der Waals surface area contributed by atoms with Gasteiger partial charge in [0.15, 0.2) is 0 Å². The molecule has 0 aliphatic carbocycles. The Kier molecular flexibility index (Phi) is 5.13. The minimum Gasteiger partial charge on any atom is -0.439 e. The van der Waals surface area contributed by atoms with E-state index in [4.69, 9.17) is 4.74 Å². The van der Waals surface area contributed by atoms with Crippen LogP contribution in [0.1, 0.15) is 43.9 Å². The zero-order chi connectivity index (χ0) is 14.4. The van der Waals surface area contributed by atoms with Gasteiger partial charge in [-0.1, -0.05) is 25.5 Å². The van der Waals surface area contributed by atoms with Gasteiger partial charge in [0.1, 0.15) is 5.75 Å². The first-order valence-corrected chi connectivity index (χ1v) is 7.10. The van der Waals surface area contributed by atoms with Crippen molar-refractivity contribution >= 4 is 0 Å². The molecule has 1 heterocycles. The van der Waals surface area contributed by atoms with Gasteiger partial charge in [0.2, 0.25) is 5.88 Å². The van der Waals surface area contributed by atoms with E-state index in [9.17, 15) is 5.11 Å². The molecule has 106 valence electrons. The quantitative estimate of drug-likeness (QED) is 0.853. The molecular formula is C17H21NO2. The van der Waals surface area contributed by atoms with Crippen LogP contribution in [0.2, 0.25) is 0 Å². The molecule has 0 fully saturated rings. The summed E-state index contributed by atoms with van der Waals surface area (Å²) in [6, 6.07) is 11.7. The van der Waals surface area contributed by atoms with E-state index >= 15 is 0 Å². The molecule has 0 aliphatic rings. The number of hydrogen-bond acceptors (Lipinski definition) is 3. The van der Waals surface area contributed by atoms with Gasteiger partial charge < -0.3 is 9.84 Å². The van der Waals surface area contributed by atoms with Gasteiger partial charge in [0, 0.05) is 11.8 Å². The Bertz CT molecular complexity index is 535. The summed E-state index contributed by atoms with van der Waals surface area (Å²) in [5, 5.41) is 9.70. The van der Waals surface area contributed by atoms with Crippen molar-refractivity contribution in [1.29, 1.82) is 0 Å². The van der Waals surface area contributed by atoms with E-state index in [0.29, 0.717) is 11.4 Å². The second kappa shape index (κ2) is 7.06. The highest BCUT2D eigenvalue weighted by Gasteiger charge is 2.10. The molecule has 2 rings (SSSR count). The van der Waals surface area contributed by atoms with Crippen LogP contribution in [0.15, 0.2) is 42.6 Å². The monoisotopic (exact) mass is 271 g/mol. The molecule has 0 bridgehead atoms. The van der Waals surface area contributed by atoms with Crippen LogP contribution in [0.4, 0.5) is 0 Å².